The third-order valence-corrected chi connectivity index (χ3v) is 3.84. The topological polar surface area (TPSA) is 52.6 Å². The van der Waals surface area contributed by atoms with Crippen LogP contribution in [-0.2, 0) is 6.42 Å². The minimum Gasteiger partial charge on any atom is -0.508 e. The largest absolute Gasteiger partial charge is 0.508 e. The smallest absolute Gasteiger partial charge is 0.317 e. The zero-order chi connectivity index (χ0) is 13.8. The Bertz CT molecular complexity index is 444. The van der Waals surface area contributed by atoms with Crippen LogP contribution in [0, 0.1) is 5.92 Å². The quantitative estimate of drug-likeness (QED) is 0.856. The van der Waals surface area contributed by atoms with Crippen molar-refractivity contribution in [2.24, 2.45) is 5.92 Å². The molecule has 0 aromatic heterocycles. The van der Waals surface area contributed by atoms with Gasteiger partial charge in [-0.05, 0) is 49.8 Å². The van der Waals surface area contributed by atoms with Gasteiger partial charge in [0.05, 0.1) is 0 Å². The van der Waals surface area contributed by atoms with Gasteiger partial charge in [-0.15, -0.1) is 0 Å². The highest BCUT2D eigenvalue weighted by Crippen LogP contribution is 2.34. The number of hydrogen-bond acceptors (Lipinski definition) is 2. The zero-order valence-corrected chi connectivity index (χ0v) is 11.6. The van der Waals surface area contributed by atoms with Crippen molar-refractivity contribution in [1.29, 1.82) is 0 Å². The minimum atomic E-state index is -0.0143. The molecule has 0 unspecified atom stereocenters. The Kier molecular flexibility index (Phi) is 4.30. The lowest BCUT2D eigenvalue weighted by molar-refractivity contribution is 0.188. The SMILES string of the molecule is C[C@@H](C1CC1)N(C)C(=O)NCCc1cccc(O)c1. The molecule has 2 N–H and O–H groups in total. The van der Waals surface area contributed by atoms with E-state index in [1.807, 2.05) is 19.2 Å². The highest BCUT2D eigenvalue weighted by molar-refractivity contribution is 5.74. The number of benzene rings is 1. The van der Waals surface area contributed by atoms with Crippen LogP contribution < -0.4 is 5.32 Å². The van der Waals surface area contributed by atoms with E-state index in [2.05, 4.69) is 12.2 Å². The van der Waals surface area contributed by atoms with Crippen LogP contribution in [0.15, 0.2) is 24.3 Å². The van der Waals surface area contributed by atoms with Crippen molar-refractivity contribution >= 4 is 6.03 Å². The number of hydrogen-bond donors (Lipinski definition) is 2. The number of amides is 2. The maximum Gasteiger partial charge on any atom is 0.317 e. The molecule has 4 heteroatoms. The summed E-state index contributed by atoms with van der Waals surface area (Å²) in [4.78, 5) is 13.7. The second-order valence-corrected chi connectivity index (χ2v) is 5.34. The van der Waals surface area contributed by atoms with Crippen LogP contribution in [0.2, 0.25) is 0 Å². The molecular weight excluding hydrogens is 240 g/mol. The number of phenolic OH excluding ortho intramolecular Hbond substituents is 1. The number of urea groups is 1. The van der Waals surface area contributed by atoms with Crippen LogP contribution in [0.4, 0.5) is 4.79 Å². The van der Waals surface area contributed by atoms with Gasteiger partial charge in [-0.2, -0.15) is 0 Å². The van der Waals surface area contributed by atoms with Crippen LogP contribution in [0.1, 0.15) is 25.3 Å². The molecule has 4 nitrogen and oxygen atoms in total. The first-order valence-corrected chi connectivity index (χ1v) is 6.86. The second kappa shape index (κ2) is 5.95. The molecule has 2 rings (SSSR count). The number of aromatic hydroxyl groups is 1. The maximum absolute atomic E-state index is 11.9. The van der Waals surface area contributed by atoms with Crippen molar-refractivity contribution in [1.82, 2.24) is 10.2 Å². The van der Waals surface area contributed by atoms with E-state index in [1.165, 1.54) is 12.8 Å². The van der Waals surface area contributed by atoms with Gasteiger partial charge in [0.2, 0.25) is 0 Å². The Balaban J connectivity index is 1.74. The Morgan fingerprint density at radius 2 is 2.26 bits per heavy atom. The summed E-state index contributed by atoms with van der Waals surface area (Å²) >= 11 is 0. The summed E-state index contributed by atoms with van der Waals surface area (Å²) in [5.41, 5.74) is 1.03. The lowest BCUT2D eigenvalue weighted by Gasteiger charge is -2.25. The molecule has 0 spiro atoms. The second-order valence-electron chi connectivity index (χ2n) is 5.34. The van der Waals surface area contributed by atoms with E-state index in [0.29, 0.717) is 18.5 Å². The van der Waals surface area contributed by atoms with E-state index >= 15 is 0 Å². The molecule has 1 aromatic carbocycles. The van der Waals surface area contributed by atoms with E-state index in [1.54, 1.807) is 17.0 Å². The molecule has 1 fully saturated rings. The molecular formula is C15H22N2O2. The first-order chi connectivity index (χ1) is 9.08. The number of rotatable bonds is 5. The maximum atomic E-state index is 11.9. The number of nitrogens with one attached hydrogen (secondary N) is 1. The lowest BCUT2D eigenvalue weighted by atomic mass is 10.1. The van der Waals surface area contributed by atoms with Crippen LogP contribution in [0.3, 0.4) is 0 Å². The van der Waals surface area contributed by atoms with Crippen molar-refractivity contribution in [2.75, 3.05) is 13.6 Å². The first-order valence-electron chi connectivity index (χ1n) is 6.86. The standard InChI is InChI=1S/C15H22N2O2/c1-11(13-6-7-13)17(2)15(19)16-9-8-12-4-3-5-14(18)10-12/h3-5,10-11,13,18H,6-9H2,1-2H3,(H,16,19)/t11-/m0/s1. The first kappa shape index (κ1) is 13.7. The monoisotopic (exact) mass is 262 g/mol. The average molecular weight is 262 g/mol. The predicted molar refractivity (Wildman–Crippen MR) is 75.2 cm³/mol. The Labute approximate surface area is 114 Å². The molecule has 2 amide bonds. The van der Waals surface area contributed by atoms with Crippen LogP contribution in [0.25, 0.3) is 0 Å². The zero-order valence-electron chi connectivity index (χ0n) is 11.6. The number of phenols is 1. The van der Waals surface area contributed by atoms with Crippen molar-refractivity contribution in [3.63, 3.8) is 0 Å². The van der Waals surface area contributed by atoms with Crippen molar-refractivity contribution in [2.45, 2.75) is 32.2 Å². The summed E-state index contributed by atoms with van der Waals surface area (Å²) in [5, 5.41) is 12.3. The van der Waals surface area contributed by atoms with Crippen molar-refractivity contribution in [3.05, 3.63) is 29.8 Å². The predicted octanol–water partition coefficient (Wildman–Crippen LogP) is 2.37. The fourth-order valence-corrected chi connectivity index (χ4v) is 2.23. The molecule has 1 atom stereocenters. The highest BCUT2D eigenvalue weighted by atomic mass is 16.3. The third kappa shape index (κ3) is 3.88. The molecule has 1 aromatic rings. The molecule has 1 saturated carbocycles. The van der Waals surface area contributed by atoms with E-state index in [9.17, 15) is 9.90 Å². The van der Waals surface area contributed by atoms with Gasteiger partial charge >= 0.3 is 6.03 Å². The number of carbonyl (C=O) groups excluding carboxylic acids is 1. The molecule has 0 bridgehead atoms. The molecule has 0 heterocycles. The van der Waals surface area contributed by atoms with Gasteiger partial charge in [0.25, 0.3) is 0 Å². The van der Waals surface area contributed by atoms with Gasteiger partial charge in [0.1, 0.15) is 5.75 Å². The summed E-state index contributed by atoms with van der Waals surface area (Å²) in [7, 11) is 1.85. The molecule has 1 aliphatic rings. The van der Waals surface area contributed by atoms with Gasteiger partial charge in [0, 0.05) is 19.6 Å². The summed E-state index contributed by atoms with van der Waals surface area (Å²) in [6.45, 7) is 2.69. The Morgan fingerprint density at radius 1 is 1.53 bits per heavy atom. The number of nitrogens with zero attached hydrogens (tertiary/aromatic N) is 1. The van der Waals surface area contributed by atoms with Gasteiger partial charge < -0.3 is 15.3 Å². The van der Waals surface area contributed by atoms with E-state index in [4.69, 9.17) is 0 Å². The average Bonchev–Trinajstić information content (AvgIpc) is 3.21. The summed E-state index contributed by atoms with van der Waals surface area (Å²) in [5.74, 6) is 0.949. The fourth-order valence-electron chi connectivity index (χ4n) is 2.23. The van der Waals surface area contributed by atoms with Gasteiger partial charge in [-0.25, -0.2) is 4.79 Å². The normalized spacial score (nSPS) is 15.9. The van der Waals surface area contributed by atoms with Crippen LogP contribution >= 0.6 is 0 Å². The van der Waals surface area contributed by atoms with Gasteiger partial charge in [-0.1, -0.05) is 12.1 Å². The van der Waals surface area contributed by atoms with Crippen LogP contribution in [0.5, 0.6) is 5.75 Å². The molecule has 1 aliphatic carbocycles. The fraction of sp³-hybridized carbons (Fsp3) is 0.533. The molecule has 0 aliphatic heterocycles. The minimum absolute atomic E-state index is 0.0143. The van der Waals surface area contributed by atoms with E-state index in [0.717, 1.165) is 12.0 Å². The Morgan fingerprint density at radius 3 is 2.89 bits per heavy atom. The molecule has 19 heavy (non-hydrogen) atoms. The highest BCUT2D eigenvalue weighted by Gasteiger charge is 2.32. The van der Waals surface area contributed by atoms with Crippen LogP contribution in [-0.4, -0.2) is 35.7 Å². The summed E-state index contributed by atoms with van der Waals surface area (Å²) in [6.07, 6.45) is 3.20. The van der Waals surface area contributed by atoms with Crippen molar-refractivity contribution < 1.29 is 9.90 Å². The van der Waals surface area contributed by atoms with E-state index in [-0.39, 0.29) is 11.8 Å². The molecule has 104 valence electrons. The van der Waals surface area contributed by atoms with Crippen molar-refractivity contribution in [3.8, 4) is 5.75 Å². The molecule has 0 radical (unpaired) electrons. The summed E-state index contributed by atoms with van der Waals surface area (Å²) < 4.78 is 0. The Hall–Kier alpha value is -1.71. The lowest BCUT2D eigenvalue weighted by Crippen LogP contribution is -2.43. The van der Waals surface area contributed by atoms with Gasteiger partial charge in [0.15, 0.2) is 0 Å². The molecule has 0 saturated heterocycles. The van der Waals surface area contributed by atoms with Gasteiger partial charge in [-0.3, -0.25) is 0 Å². The summed E-state index contributed by atoms with van der Waals surface area (Å²) in [6, 6.07) is 7.44. The number of carbonyl (C=O) groups is 1. The third-order valence-electron chi connectivity index (χ3n) is 3.84. The van der Waals surface area contributed by atoms with E-state index < -0.39 is 0 Å².